The molecule has 19 heavy (non-hydrogen) atoms. The topological polar surface area (TPSA) is 108 Å². The Morgan fingerprint density at radius 1 is 1.47 bits per heavy atom. The number of aromatic nitrogens is 3. The highest BCUT2D eigenvalue weighted by Crippen LogP contribution is 2.17. The molecule has 1 amide bonds. The van der Waals surface area contributed by atoms with Crippen LogP contribution in [0.15, 0.2) is 6.20 Å². The fraction of sp³-hybridized carbons (Fsp3) is 0.273. The highest BCUT2D eigenvalue weighted by atomic mass is 32.1. The van der Waals surface area contributed by atoms with Crippen LogP contribution in [0.1, 0.15) is 36.4 Å². The van der Waals surface area contributed by atoms with E-state index in [2.05, 4.69) is 20.5 Å². The smallest absolute Gasteiger partial charge is 0.347 e. The van der Waals surface area contributed by atoms with E-state index in [9.17, 15) is 9.59 Å². The molecule has 8 heteroatoms. The molecule has 0 aliphatic rings. The number of aromatic amines is 1. The Morgan fingerprint density at radius 3 is 2.74 bits per heavy atom. The second-order valence-electron chi connectivity index (χ2n) is 3.92. The number of rotatable bonds is 4. The number of nitrogens with one attached hydrogen (secondary N) is 2. The van der Waals surface area contributed by atoms with Crippen LogP contribution in [0.3, 0.4) is 0 Å². The molecule has 0 bridgehead atoms. The van der Waals surface area contributed by atoms with Gasteiger partial charge in [0.1, 0.15) is 9.88 Å². The molecule has 2 aromatic heterocycles. The minimum absolute atomic E-state index is 0.197. The second kappa shape index (κ2) is 5.19. The molecule has 2 aromatic rings. The van der Waals surface area contributed by atoms with Crippen molar-refractivity contribution in [2.24, 2.45) is 0 Å². The van der Waals surface area contributed by atoms with Gasteiger partial charge in [0.15, 0.2) is 0 Å². The number of aryl methyl sites for hydroxylation is 2. The van der Waals surface area contributed by atoms with Gasteiger partial charge in [0.25, 0.3) is 5.91 Å². The van der Waals surface area contributed by atoms with Gasteiger partial charge < -0.3 is 10.4 Å². The molecule has 3 N–H and O–H groups in total. The maximum Gasteiger partial charge on any atom is 0.347 e. The summed E-state index contributed by atoms with van der Waals surface area (Å²) in [4.78, 5) is 27.0. The molecule has 0 fully saturated rings. The molecular weight excluding hydrogens is 268 g/mol. The lowest BCUT2D eigenvalue weighted by Crippen LogP contribution is -2.23. The fourth-order valence-electron chi connectivity index (χ4n) is 1.56. The van der Waals surface area contributed by atoms with Crippen LogP contribution in [-0.4, -0.2) is 32.2 Å². The van der Waals surface area contributed by atoms with Crippen molar-refractivity contribution in [1.29, 1.82) is 0 Å². The van der Waals surface area contributed by atoms with Gasteiger partial charge in [0.05, 0.1) is 24.0 Å². The molecule has 0 unspecified atom stereocenters. The molecule has 0 atom stereocenters. The molecule has 0 aromatic carbocycles. The summed E-state index contributed by atoms with van der Waals surface area (Å²) in [6.07, 6.45) is 1.44. The molecule has 0 saturated carbocycles. The number of hydrogen-bond acceptors (Lipinski definition) is 5. The number of thiazole rings is 1. The van der Waals surface area contributed by atoms with E-state index in [1.54, 1.807) is 13.8 Å². The average Bonchev–Trinajstić information content (AvgIpc) is 2.92. The SMILES string of the molecule is Cc1nc(CNC(=O)c2cn[nH]c2C)sc1C(=O)O. The zero-order valence-electron chi connectivity index (χ0n) is 10.4. The third kappa shape index (κ3) is 2.79. The number of hydrogen-bond donors (Lipinski definition) is 3. The number of carbonyl (C=O) groups excluding carboxylic acids is 1. The highest BCUT2D eigenvalue weighted by molar-refractivity contribution is 7.13. The lowest BCUT2D eigenvalue weighted by atomic mass is 10.2. The van der Waals surface area contributed by atoms with Crippen molar-refractivity contribution in [1.82, 2.24) is 20.5 Å². The van der Waals surface area contributed by atoms with Crippen LogP contribution in [0.2, 0.25) is 0 Å². The van der Waals surface area contributed by atoms with Gasteiger partial charge in [-0.2, -0.15) is 5.10 Å². The van der Waals surface area contributed by atoms with Gasteiger partial charge in [-0.1, -0.05) is 0 Å². The summed E-state index contributed by atoms with van der Waals surface area (Å²) < 4.78 is 0. The first-order chi connectivity index (χ1) is 8.99. The van der Waals surface area contributed by atoms with Gasteiger partial charge >= 0.3 is 5.97 Å². The number of carboxylic acids is 1. The van der Waals surface area contributed by atoms with Crippen molar-refractivity contribution in [2.75, 3.05) is 0 Å². The van der Waals surface area contributed by atoms with Crippen LogP contribution in [0.4, 0.5) is 0 Å². The number of carboxylic acid groups (broad SMARTS) is 1. The van der Waals surface area contributed by atoms with Crippen LogP contribution in [0, 0.1) is 13.8 Å². The van der Waals surface area contributed by atoms with Crippen molar-refractivity contribution >= 4 is 23.2 Å². The summed E-state index contributed by atoms with van der Waals surface area (Å²) >= 11 is 1.06. The van der Waals surface area contributed by atoms with Gasteiger partial charge in [0.2, 0.25) is 0 Å². The van der Waals surface area contributed by atoms with E-state index < -0.39 is 5.97 Å². The first-order valence-electron chi connectivity index (χ1n) is 5.46. The standard InChI is InChI=1S/C11H12N4O3S/c1-5-7(3-13-15-5)10(16)12-4-8-14-6(2)9(19-8)11(17)18/h3H,4H2,1-2H3,(H,12,16)(H,13,15)(H,17,18). The van der Waals surface area contributed by atoms with Crippen LogP contribution >= 0.6 is 11.3 Å². The van der Waals surface area contributed by atoms with Crippen LogP contribution in [-0.2, 0) is 6.54 Å². The Bertz CT molecular complexity index is 632. The predicted octanol–water partition coefficient (Wildman–Crippen LogP) is 1.11. The average molecular weight is 280 g/mol. The Kier molecular flexibility index (Phi) is 3.61. The van der Waals surface area contributed by atoms with E-state index in [1.807, 2.05) is 0 Å². The Hall–Kier alpha value is -2.22. The molecule has 7 nitrogen and oxygen atoms in total. The first kappa shape index (κ1) is 13.2. The largest absolute Gasteiger partial charge is 0.477 e. The van der Waals surface area contributed by atoms with Gasteiger partial charge in [-0.3, -0.25) is 9.89 Å². The normalized spacial score (nSPS) is 10.4. The van der Waals surface area contributed by atoms with Crippen molar-refractivity contribution in [3.63, 3.8) is 0 Å². The predicted molar refractivity (Wildman–Crippen MR) is 68.3 cm³/mol. The summed E-state index contributed by atoms with van der Waals surface area (Å²) in [6, 6.07) is 0. The van der Waals surface area contributed by atoms with E-state index in [1.165, 1.54) is 6.20 Å². The van der Waals surface area contributed by atoms with E-state index in [-0.39, 0.29) is 17.3 Å². The molecule has 100 valence electrons. The monoisotopic (exact) mass is 280 g/mol. The van der Waals surface area contributed by atoms with E-state index in [0.717, 1.165) is 11.3 Å². The lowest BCUT2D eigenvalue weighted by molar-refractivity contribution is 0.0701. The Morgan fingerprint density at radius 2 is 2.21 bits per heavy atom. The third-order valence-corrected chi connectivity index (χ3v) is 3.66. The van der Waals surface area contributed by atoms with Gasteiger partial charge in [-0.15, -0.1) is 11.3 Å². The van der Waals surface area contributed by atoms with Crippen molar-refractivity contribution in [3.8, 4) is 0 Å². The lowest BCUT2D eigenvalue weighted by Gasteiger charge is -2.01. The van der Waals surface area contributed by atoms with Crippen LogP contribution in [0.25, 0.3) is 0 Å². The Balaban J connectivity index is 2.03. The zero-order chi connectivity index (χ0) is 14.0. The Labute approximate surface area is 112 Å². The summed E-state index contributed by atoms with van der Waals surface area (Å²) in [7, 11) is 0. The molecule has 0 saturated heterocycles. The number of aromatic carboxylic acids is 1. The maximum absolute atomic E-state index is 11.8. The van der Waals surface area contributed by atoms with Gasteiger partial charge in [0, 0.05) is 5.69 Å². The van der Waals surface area contributed by atoms with Crippen LogP contribution in [0.5, 0.6) is 0 Å². The number of amides is 1. The zero-order valence-corrected chi connectivity index (χ0v) is 11.2. The molecule has 2 heterocycles. The molecule has 0 aliphatic heterocycles. The second-order valence-corrected chi connectivity index (χ2v) is 5.00. The quantitative estimate of drug-likeness (QED) is 0.777. The maximum atomic E-state index is 11.8. The summed E-state index contributed by atoms with van der Waals surface area (Å²) in [6.45, 7) is 3.58. The number of nitrogens with zero attached hydrogens (tertiary/aromatic N) is 2. The number of carbonyl (C=O) groups is 2. The minimum Gasteiger partial charge on any atom is -0.477 e. The summed E-state index contributed by atoms with van der Waals surface area (Å²) in [5.74, 6) is -1.27. The fourth-order valence-corrected chi connectivity index (χ4v) is 2.40. The van der Waals surface area contributed by atoms with Gasteiger partial charge in [-0.05, 0) is 13.8 Å². The summed E-state index contributed by atoms with van der Waals surface area (Å²) in [5, 5.41) is 18.6. The molecule has 0 spiro atoms. The molecule has 0 aliphatic carbocycles. The van der Waals surface area contributed by atoms with Gasteiger partial charge in [-0.25, -0.2) is 9.78 Å². The van der Waals surface area contributed by atoms with Crippen molar-refractivity contribution in [2.45, 2.75) is 20.4 Å². The minimum atomic E-state index is -1.00. The van der Waals surface area contributed by atoms with E-state index in [0.29, 0.717) is 22.0 Å². The van der Waals surface area contributed by atoms with Crippen LogP contribution < -0.4 is 5.32 Å². The highest BCUT2D eigenvalue weighted by Gasteiger charge is 2.15. The van der Waals surface area contributed by atoms with E-state index in [4.69, 9.17) is 5.11 Å². The van der Waals surface area contributed by atoms with Crippen molar-refractivity contribution in [3.05, 3.63) is 33.0 Å². The molecule has 2 rings (SSSR count). The molecular formula is C11H12N4O3S. The van der Waals surface area contributed by atoms with Crippen molar-refractivity contribution < 1.29 is 14.7 Å². The molecule has 0 radical (unpaired) electrons. The number of H-pyrrole nitrogens is 1. The first-order valence-corrected chi connectivity index (χ1v) is 6.28. The summed E-state index contributed by atoms with van der Waals surface area (Å²) in [5.41, 5.74) is 1.60. The van der Waals surface area contributed by atoms with E-state index >= 15 is 0 Å². The third-order valence-electron chi connectivity index (χ3n) is 2.51.